The maximum absolute atomic E-state index is 12.5. The number of carbonyl (C=O) groups excluding carboxylic acids is 2. The van der Waals surface area contributed by atoms with Crippen LogP contribution in [-0.4, -0.2) is 40.9 Å². The molecule has 6 heteroatoms. The summed E-state index contributed by atoms with van der Waals surface area (Å²) in [6.07, 6.45) is 1.89. The minimum Gasteiger partial charge on any atom is -0.481 e. The third-order valence-corrected chi connectivity index (χ3v) is 5.36. The van der Waals surface area contributed by atoms with Crippen LogP contribution in [0.1, 0.15) is 43.5 Å². The number of nitrogens with zero attached hydrogens (tertiary/aromatic N) is 1. The lowest BCUT2D eigenvalue weighted by atomic mass is 9.96. The van der Waals surface area contributed by atoms with E-state index in [1.165, 1.54) is 0 Å². The molecule has 0 bridgehead atoms. The number of likely N-dealkylation sites (tertiary alicyclic amines) is 1. The smallest absolute Gasteiger partial charge is 0.306 e. The maximum atomic E-state index is 12.5. The second-order valence-corrected chi connectivity index (χ2v) is 7.72. The van der Waals surface area contributed by atoms with E-state index in [9.17, 15) is 14.4 Å². The summed E-state index contributed by atoms with van der Waals surface area (Å²) in [6, 6.07) is 6.90. The molecule has 1 aromatic carbocycles. The minimum absolute atomic E-state index is 0.0276. The van der Waals surface area contributed by atoms with Crippen LogP contribution in [0.2, 0.25) is 0 Å². The van der Waals surface area contributed by atoms with Crippen LogP contribution in [0.4, 0.5) is 5.69 Å². The third kappa shape index (κ3) is 3.83. The van der Waals surface area contributed by atoms with Crippen molar-refractivity contribution in [3.05, 3.63) is 29.8 Å². The largest absolute Gasteiger partial charge is 0.481 e. The summed E-state index contributed by atoms with van der Waals surface area (Å²) in [5.74, 6) is -1.14. The molecule has 1 aliphatic carbocycles. The first-order chi connectivity index (χ1) is 11.8. The topological polar surface area (TPSA) is 86.7 Å². The van der Waals surface area contributed by atoms with Gasteiger partial charge in [0.25, 0.3) is 5.91 Å². The van der Waals surface area contributed by atoms with Crippen molar-refractivity contribution in [2.24, 2.45) is 17.3 Å². The highest BCUT2D eigenvalue weighted by atomic mass is 16.4. The lowest BCUT2D eigenvalue weighted by Gasteiger charge is -2.30. The number of hydrogen-bond acceptors (Lipinski definition) is 3. The van der Waals surface area contributed by atoms with Crippen LogP contribution >= 0.6 is 0 Å². The van der Waals surface area contributed by atoms with Crippen LogP contribution in [-0.2, 0) is 9.59 Å². The fourth-order valence-corrected chi connectivity index (χ4v) is 3.35. The molecule has 2 N–H and O–H groups in total. The summed E-state index contributed by atoms with van der Waals surface area (Å²) < 4.78 is 0. The fraction of sp³-hybridized carbons (Fsp3) is 0.526. The van der Waals surface area contributed by atoms with Gasteiger partial charge in [0, 0.05) is 30.3 Å². The first-order valence-corrected chi connectivity index (χ1v) is 8.71. The zero-order chi connectivity index (χ0) is 18.2. The van der Waals surface area contributed by atoms with Gasteiger partial charge in [-0.25, -0.2) is 0 Å². The van der Waals surface area contributed by atoms with Crippen LogP contribution in [0.25, 0.3) is 0 Å². The van der Waals surface area contributed by atoms with Crippen molar-refractivity contribution in [3.63, 3.8) is 0 Å². The van der Waals surface area contributed by atoms with Crippen LogP contribution in [0.5, 0.6) is 0 Å². The van der Waals surface area contributed by atoms with Gasteiger partial charge in [0.05, 0.1) is 5.92 Å². The van der Waals surface area contributed by atoms with E-state index in [-0.39, 0.29) is 29.1 Å². The predicted octanol–water partition coefficient (Wildman–Crippen LogP) is 2.61. The Bertz CT molecular complexity index is 688. The Balaban J connectivity index is 1.56. The number of hydrogen-bond donors (Lipinski definition) is 2. The molecule has 134 valence electrons. The molecule has 0 spiro atoms. The Morgan fingerprint density at radius 2 is 1.68 bits per heavy atom. The molecule has 0 radical (unpaired) electrons. The van der Waals surface area contributed by atoms with Gasteiger partial charge < -0.3 is 15.3 Å². The fourth-order valence-electron chi connectivity index (χ4n) is 3.35. The Labute approximate surface area is 147 Å². The number of carboxylic acids is 1. The molecule has 1 aromatic rings. The first kappa shape index (κ1) is 17.5. The highest BCUT2D eigenvalue weighted by molar-refractivity contribution is 5.97. The highest BCUT2D eigenvalue weighted by Crippen LogP contribution is 2.51. The second-order valence-electron chi connectivity index (χ2n) is 7.72. The van der Waals surface area contributed by atoms with Crippen molar-refractivity contribution in [3.8, 4) is 0 Å². The van der Waals surface area contributed by atoms with Crippen LogP contribution in [0.3, 0.4) is 0 Å². The number of rotatable bonds is 4. The van der Waals surface area contributed by atoms with Crippen molar-refractivity contribution < 1.29 is 19.5 Å². The van der Waals surface area contributed by atoms with Gasteiger partial charge in [-0.1, -0.05) is 13.8 Å². The van der Waals surface area contributed by atoms with E-state index >= 15 is 0 Å². The monoisotopic (exact) mass is 344 g/mol. The summed E-state index contributed by atoms with van der Waals surface area (Å²) in [6.45, 7) is 5.08. The van der Waals surface area contributed by atoms with E-state index in [0.717, 1.165) is 6.42 Å². The number of carbonyl (C=O) groups is 3. The maximum Gasteiger partial charge on any atom is 0.306 e. The average Bonchev–Trinajstić information content (AvgIpc) is 3.24. The SMILES string of the molecule is CC1(C)C[C@@H]1C(=O)Nc1ccc(C(=O)N2CCC(C(=O)O)CC2)cc1. The van der Waals surface area contributed by atoms with Crippen molar-refractivity contribution in [2.45, 2.75) is 33.1 Å². The number of amides is 2. The van der Waals surface area contributed by atoms with E-state index in [1.54, 1.807) is 29.2 Å². The molecule has 2 fully saturated rings. The van der Waals surface area contributed by atoms with E-state index in [4.69, 9.17) is 5.11 Å². The van der Waals surface area contributed by atoms with Gasteiger partial charge in [0.15, 0.2) is 0 Å². The number of aliphatic carboxylic acids is 1. The predicted molar refractivity (Wildman–Crippen MR) is 93.2 cm³/mol. The minimum atomic E-state index is -0.786. The van der Waals surface area contributed by atoms with Gasteiger partial charge >= 0.3 is 5.97 Å². The number of nitrogens with one attached hydrogen (secondary N) is 1. The van der Waals surface area contributed by atoms with E-state index in [1.807, 2.05) is 0 Å². The molecule has 0 unspecified atom stereocenters. The van der Waals surface area contributed by atoms with Crippen LogP contribution in [0.15, 0.2) is 24.3 Å². The summed E-state index contributed by atoms with van der Waals surface area (Å²) in [5.41, 5.74) is 1.33. The Kier molecular flexibility index (Phi) is 4.54. The van der Waals surface area contributed by atoms with Gasteiger partial charge in [-0.15, -0.1) is 0 Å². The summed E-state index contributed by atoms with van der Waals surface area (Å²) in [7, 11) is 0. The Hall–Kier alpha value is -2.37. The van der Waals surface area contributed by atoms with Gasteiger partial charge in [-0.05, 0) is 48.9 Å². The molecule has 1 saturated carbocycles. The molecule has 2 aliphatic rings. The molecule has 1 aliphatic heterocycles. The molecule has 1 saturated heterocycles. The highest BCUT2D eigenvalue weighted by Gasteiger charge is 2.50. The third-order valence-electron chi connectivity index (χ3n) is 5.36. The molecule has 2 amide bonds. The lowest BCUT2D eigenvalue weighted by molar-refractivity contribution is -0.143. The lowest BCUT2D eigenvalue weighted by Crippen LogP contribution is -2.40. The van der Waals surface area contributed by atoms with Crippen LogP contribution in [0, 0.1) is 17.3 Å². The molecule has 3 rings (SSSR count). The summed E-state index contributed by atoms with van der Waals surface area (Å²) in [4.78, 5) is 37.3. The van der Waals surface area contributed by atoms with Gasteiger partial charge in [0.1, 0.15) is 0 Å². The molecule has 0 aromatic heterocycles. The van der Waals surface area contributed by atoms with E-state index in [0.29, 0.717) is 37.2 Å². The number of carboxylic acid groups (broad SMARTS) is 1. The molecule has 1 atom stereocenters. The number of benzene rings is 1. The number of anilines is 1. The summed E-state index contributed by atoms with van der Waals surface area (Å²) in [5, 5.41) is 11.9. The number of piperidine rings is 1. The van der Waals surface area contributed by atoms with Crippen molar-refractivity contribution in [1.82, 2.24) is 4.90 Å². The second kappa shape index (κ2) is 6.50. The Morgan fingerprint density at radius 3 is 2.16 bits per heavy atom. The average molecular weight is 344 g/mol. The van der Waals surface area contributed by atoms with E-state index in [2.05, 4.69) is 19.2 Å². The normalized spacial score (nSPS) is 22.3. The summed E-state index contributed by atoms with van der Waals surface area (Å²) >= 11 is 0. The molecular formula is C19H24N2O4. The van der Waals surface area contributed by atoms with Crippen molar-refractivity contribution in [1.29, 1.82) is 0 Å². The Morgan fingerprint density at radius 1 is 1.12 bits per heavy atom. The van der Waals surface area contributed by atoms with Crippen LogP contribution < -0.4 is 5.32 Å². The van der Waals surface area contributed by atoms with Gasteiger partial charge in [-0.2, -0.15) is 0 Å². The molecular weight excluding hydrogens is 320 g/mol. The van der Waals surface area contributed by atoms with Crippen molar-refractivity contribution >= 4 is 23.5 Å². The quantitative estimate of drug-likeness (QED) is 0.879. The van der Waals surface area contributed by atoms with E-state index < -0.39 is 5.97 Å². The standard InChI is InChI=1S/C19H24N2O4/c1-19(2)11-15(19)16(22)20-14-5-3-12(4-6-14)17(23)21-9-7-13(8-10-21)18(24)25/h3-6,13,15H,7-11H2,1-2H3,(H,20,22)(H,24,25)/t15-/m1/s1. The zero-order valence-electron chi connectivity index (χ0n) is 14.6. The molecule has 6 nitrogen and oxygen atoms in total. The van der Waals surface area contributed by atoms with Gasteiger partial charge in [-0.3, -0.25) is 14.4 Å². The molecule has 1 heterocycles. The van der Waals surface area contributed by atoms with Crippen molar-refractivity contribution in [2.75, 3.05) is 18.4 Å². The first-order valence-electron chi connectivity index (χ1n) is 8.71. The van der Waals surface area contributed by atoms with Gasteiger partial charge in [0.2, 0.25) is 5.91 Å². The zero-order valence-corrected chi connectivity index (χ0v) is 14.6. The molecule has 25 heavy (non-hydrogen) atoms.